The fourth-order valence-electron chi connectivity index (χ4n) is 1.93. The van der Waals surface area contributed by atoms with E-state index >= 15 is 0 Å². The lowest BCUT2D eigenvalue weighted by atomic mass is 10.1. The highest BCUT2D eigenvalue weighted by Crippen LogP contribution is 2.18. The Hall–Kier alpha value is -3.72. The molecule has 2 aromatic rings. The summed E-state index contributed by atoms with van der Waals surface area (Å²) in [4.78, 5) is 25.8. The molecule has 0 aliphatic rings. The van der Waals surface area contributed by atoms with E-state index in [1.54, 1.807) is 36.4 Å². The minimum Gasteiger partial charge on any atom is -0.465 e. The molecule has 0 fully saturated rings. The molecule has 0 aromatic heterocycles. The lowest BCUT2D eigenvalue weighted by Gasteiger charge is -1.99. The third-order valence-corrected chi connectivity index (χ3v) is 3.22. The number of nitro benzene ring substituents is 1. The molecule has 2 aromatic carbocycles. The van der Waals surface area contributed by atoms with Gasteiger partial charge in [0.05, 0.1) is 23.3 Å². The molecule has 0 aliphatic heterocycles. The Morgan fingerprint density at radius 1 is 1.20 bits per heavy atom. The van der Waals surface area contributed by atoms with Crippen LogP contribution in [0, 0.1) is 22.5 Å². The molecule has 25 heavy (non-hydrogen) atoms. The lowest BCUT2D eigenvalue weighted by molar-refractivity contribution is -0.384. The predicted octanol–water partition coefficient (Wildman–Crippen LogP) is 3.80. The zero-order chi connectivity index (χ0) is 18.2. The van der Waals surface area contributed by atoms with Gasteiger partial charge in [-0.1, -0.05) is 24.1 Å². The van der Waals surface area contributed by atoms with Crippen molar-refractivity contribution in [3.63, 3.8) is 0 Å². The first-order chi connectivity index (χ1) is 12.0. The summed E-state index contributed by atoms with van der Waals surface area (Å²) < 4.78 is 4.64. The van der Waals surface area contributed by atoms with E-state index in [0.29, 0.717) is 17.0 Å². The summed E-state index contributed by atoms with van der Waals surface area (Å²) in [6.07, 6.45) is 8.85. The summed E-state index contributed by atoms with van der Waals surface area (Å²) in [5.41, 5.74) is 2.16. The van der Waals surface area contributed by atoms with Crippen LogP contribution < -0.4 is 0 Å². The van der Waals surface area contributed by atoms with Crippen LogP contribution in [-0.4, -0.2) is 23.7 Å². The van der Waals surface area contributed by atoms with Gasteiger partial charge in [-0.3, -0.25) is 10.1 Å². The normalized spacial score (nSPS) is 11.1. The first kappa shape index (κ1) is 17.6. The molecule has 0 aliphatic carbocycles. The zero-order valence-corrected chi connectivity index (χ0v) is 13.4. The molecule has 0 saturated heterocycles. The van der Waals surface area contributed by atoms with E-state index in [9.17, 15) is 14.9 Å². The second-order valence-corrected chi connectivity index (χ2v) is 4.86. The molecule has 0 heterocycles. The van der Waals surface area contributed by atoms with E-state index in [0.717, 1.165) is 5.56 Å². The van der Waals surface area contributed by atoms with E-state index in [-0.39, 0.29) is 5.69 Å². The summed E-state index contributed by atoms with van der Waals surface area (Å²) in [6, 6.07) is 12.6. The number of carbonyl (C=O) groups excluding carboxylic acids is 1. The van der Waals surface area contributed by atoms with Crippen LogP contribution in [0.25, 0.3) is 6.08 Å². The van der Waals surface area contributed by atoms with Crippen molar-refractivity contribution < 1.29 is 14.5 Å². The van der Waals surface area contributed by atoms with Gasteiger partial charge in [-0.05, 0) is 35.9 Å². The maximum atomic E-state index is 11.4. The van der Waals surface area contributed by atoms with Crippen molar-refractivity contribution in [1.82, 2.24) is 0 Å². The van der Waals surface area contributed by atoms with Gasteiger partial charge in [-0.2, -0.15) is 0 Å². The van der Waals surface area contributed by atoms with Gasteiger partial charge in [0.2, 0.25) is 0 Å². The number of rotatable bonds is 5. The van der Waals surface area contributed by atoms with Crippen molar-refractivity contribution in [1.29, 1.82) is 0 Å². The van der Waals surface area contributed by atoms with Crippen molar-refractivity contribution in [2.24, 2.45) is 4.99 Å². The number of benzene rings is 2. The van der Waals surface area contributed by atoms with Crippen LogP contribution in [0.4, 0.5) is 11.4 Å². The molecule has 124 valence electrons. The molecule has 6 nitrogen and oxygen atoms in total. The molecule has 0 bridgehead atoms. The highest BCUT2D eigenvalue weighted by Gasteiger charge is 2.04. The number of terminal acetylenes is 1. The maximum Gasteiger partial charge on any atom is 0.337 e. The van der Waals surface area contributed by atoms with Crippen LogP contribution in [0.15, 0.2) is 59.6 Å². The third kappa shape index (κ3) is 4.88. The van der Waals surface area contributed by atoms with E-state index in [2.05, 4.69) is 15.6 Å². The van der Waals surface area contributed by atoms with Crippen LogP contribution >= 0.6 is 0 Å². The average Bonchev–Trinajstić information content (AvgIpc) is 2.65. The van der Waals surface area contributed by atoms with Gasteiger partial charge in [-0.25, -0.2) is 9.79 Å². The Labute approximate surface area is 144 Å². The Morgan fingerprint density at radius 3 is 2.36 bits per heavy atom. The van der Waals surface area contributed by atoms with Gasteiger partial charge in [0, 0.05) is 12.1 Å². The number of nitrogens with zero attached hydrogens (tertiary/aromatic N) is 2. The second-order valence-electron chi connectivity index (χ2n) is 4.86. The van der Waals surface area contributed by atoms with Crippen LogP contribution in [0.3, 0.4) is 0 Å². The highest BCUT2D eigenvalue weighted by atomic mass is 16.6. The van der Waals surface area contributed by atoms with Gasteiger partial charge in [-0.15, -0.1) is 6.42 Å². The minimum atomic E-state index is -0.479. The Bertz CT molecular complexity index is 873. The maximum absolute atomic E-state index is 11.4. The molecule has 0 N–H and O–H groups in total. The van der Waals surface area contributed by atoms with Crippen molar-refractivity contribution in [3.8, 4) is 12.3 Å². The molecule has 6 heteroatoms. The quantitative estimate of drug-likeness (QED) is 0.274. The number of allylic oxidation sites excluding steroid dienone is 1. The topological polar surface area (TPSA) is 81.8 Å². The summed E-state index contributed by atoms with van der Waals surface area (Å²) in [6.45, 7) is 0. The van der Waals surface area contributed by atoms with Crippen molar-refractivity contribution >= 4 is 29.1 Å². The van der Waals surface area contributed by atoms with E-state index in [1.807, 2.05) is 0 Å². The Balaban J connectivity index is 2.15. The van der Waals surface area contributed by atoms with Gasteiger partial charge in [0.25, 0.3) is 5.69 Å². The smallest absolute Gasteiger partial charge is 0.337 e. The standard InChI is InChI=1S/C19H14N2O4/c1-3-16(20-17-10-12-18(13-11-17)21(23)24)9-6-14-4-7-15(8-5-14)19(22)25-2/h1,4-13H,2H3/b9-6+,20-16?. The monoisotopic (exact) mass is 334 g/mol. The number of non-ortho nitro benzene ring substituents is 1. The number of hydrogen-bond acceptors (Lipinski definition) is 5. The molecule has 0 radical (unpaired) electrons. The number of carbonyl (C=O) groups is 1. The first-order valence-electron chi connectivity index (χ1n) is 7.19. The van der Waals surface area contributed by atoms with Gasteiger partial charge in [0.1, 0.15) is 5.71 Å². The van der Waals surface area contributed by atoms with Gasteiger partial charge >= 0.3 is 5.97 Å². The predicted molar refractivity (Wildman–Crippen MR) is 95.8 cm³/mol. The number of esters is 1. The van der Waals surface area contributed by atoms with Crippen molar-refractivity contribution in [2.45, 2.75) is 0 Å². The molecule has 2 rings (SSSR count). The van der Waals surface area contributed by atoms with Crippen molar-refractivity contribution in [3.05, 3.63) is 75.8 Å². The number of aliphatic imine (C=N–C) groups is 1. The summed E-state index contributed by atoms with van der Waals surface area (Å²) in [5.74, 6) is 2.05. The van der Waals surface area contributed by atoms with Crippen LogP contribution in [-0.2, 0) is 4.74 Å². The average molecular weight is 334 g/mol. The fraction of sp³-hybridized carbons (Fsp3) is 0.0526. The highest BCUT2D eigenvalue weighted by molar-refractivity contribution is 6.11. The SMILES string of the molecule is C#CC(/C=C/c1ccc(C(=O)OC)cc1)=Nc1ccc([N+](=O)[O-])cc1. The number of ether oxygens (including phenoxy) is 1. The minimum absolute atomic E-state index is 0.0116. The van der Waals surface area contributed by atoms with Gasteiger partial charge < -0.3 is 4.74 Å². The summed E-state index contributed by atoms with van der Waals surface area (Å²) >= 11 is 0. The van der Waals surface area contributed by atoms with E-state index in [1.165, 1.54) is 31.4 Å². The molecule has 0 atom stereocenters. The third-order valence-electron chi connectivity index (χ3n) is 3.22. The number of hydrogen-bond donors (Lipinski definition) is 0. The van der Waals surface area contributed by atoms with Crippen LogP contribution in [0.1, 0.15) is 15.9 Å². The van der Waals surface area contributed by atoms with Gasteiger partial charge in [0.15, 0.2) is 0 Å². The molecule has 0 unspecified atom stereocenters. The lowest BCUT2D eigenvalue weighted by Crippen LogP contribution is -2.00. The molecular formula is C19H14N2O4. The number of nitro groups is 1. The molecule has 0 amide bonds. The molecule has 0 saturated carbocycles. The van der Waals surface area contributed by atoms with Crippen LogP contribution in [0.2, 0.25) is 0 Å². The zero-order valence-electron chi connectivity index (χ0n) is 13.4. The molecule has 0 spiro atoms. The van der Waals surface area contributed by atoms with Crippen LogP contribution in [0.5, 0.6) is 0 Å². The molecular weight excluding hydrogens is 320 g/mol. The Morgan fingerprint density at radius 2 is 1.84 bits per heavy atom. The second kappa shape index (κ2) is 8.22. The summed E-state index contributed by atoms with van der Waals surface area (Å²) in [5, 5.41) is 10.6. The first-order valence-corrected chi connectivity index (χ1v) is 7.19. The van der Waals surface area contributed by atoms with E-state index < -0.39 is 10.9 Å². The summed E-state index contributed by atoms with van der Waals surface area (Å²) in [7, 11) is 1.32. The largest absolute Gasteiger partial charge is 0.465 e. The Kier molecular flexibility index (Phi) is 5.80. The fourth-order valence-corrected chi connectivity index (χ4v) is 1.93. The van der Waals surface area contributed by atoms with Crippen molar-refractivity contribution in [2.75, 3.05) is 7.11 Å². The number of methoxy groups -OCH3 is 1. The van der Waals surface area contributed by atoms with E-state index in [4.69, 9.17) is 6.42 Å².